The molecule has 2 rings (SSSR count). The van der Waals surface area contributed by atoms with Gasteiger partial charge in [-0.3, -0.25) is 9.36 Å². The summed E-state index contributed by atoms with van der Waals surface area (Å²) < 4.78 is 1.77. The van der Waals surface area contributed by atoms with Crippen LogP contribution in [0.2, 0.25) is 0 Å². The van der Waals surface area contributed by atoms with Gasteiger partial charge in [-0.05, 0) is 6.92 Å². The summed E-state index contributed by atoms with van der Waals surface area (Å²) in [5.41, 5.74) is 0.596. The van der Waals surface area contributed by atoms with Crippen molar-refractivity contribution in [1.29, 1.82) is 0 Å². The Bertz CT molecular complexity index is 517. The molecule has 0 radical (unpaired) electrons. The Balaban J connectivity index is 2.19. The van der Waals surface area contributed by atoms with E-state index >= 15 is 0 Å². The van der Waals surface area contributed by atoms with Crippen LogP contribution in [0.3, 0.4) is 0 Å². The number of rotatable bonds is 3. The van der Waals surface area contributed by atoms with Crippen molar-refractivity contribution >= 4 is 11.6 Å². The summed E-state index contributed by atoms with van der Waals surface area (Å²) in [5, 5.41) is 2.69. The van der Waals surface area contributed by atoms with Crippen LogP contribution in [0.5, 0.6) is 0 Å². The molecular formula is C11H13N5O. The number of amides is 1. The number of hydrogen-bond acceptors (Lipinski definition) is 4. The Morgan fingerprint density at radius 1 is 1.35 bits per heavy atom. The second-order valence-electron chi connectivity index (χ2n) is 3.52. The van der Waals surface area contributed by atoms with E-state index in [1.165, 1.54) is 0 Å². The molecule has 0 aromatic carbocycles. The van der Waals surface area contributed by atoms with Crippen LogP contribution in [0.15, 0.2) is 24.8 Å². The van der Waals surface area contributed by atoms with Crippen molar-refractivity contribution in [2.24, 2.45) is 0 Å². The number of carbonyl (C=O) groups excluding carboxylic acids is 1. The van der Waals surface area contributed by atoms with E-state index in [-0.39, 0.29) is 5.91 Å². The van der Waals surface area contributed by atoms with Gasteiger partial charge in [-0.2, -0.15) is 0 Å². The first-order valence-electron chi connectivity index (χ1n) is 5.33. The molecule has 0 aliphatic carbocycles. The zero-order valence-corrected chi connectivity index (χ0v) is 9.71. The lowest BCUT2D eigenvalue weighted by Crippen LogP contribution is -2.11. The van der Waals surface area contributed by atoms with Crippen LogP contribution in [-0.2, 0) is 4.79 Å². The number of aromatic nitrogens is 4. The number of nitrogens with one attached hydrogen (secondary N) is 1. The number of nitrogens with zero attached hydrogens (tertiary/aromatic N) is 4. The van der Waals surface area contributed by atoms with Gasteiger partial charge in [0.15, 0.2) is 0 Å². The van der Waals surface area contributed by atoms with Crippen molar-refractivity contribution in [3.63, 3.8) is 0 Å². The van der Waals surface area contributed by atoms with Crippen LogP contribution in [-0.4, -0.2) is 25.4 Å². The van der Waals surface area contributed by atoms with Crippen molar-refractivity contribution < 1.29 is 4.79 Å². The molecule has 17 heavy (non-hydrogen) atoms. The van der Waals surface area contributed by atoms with Gasteiger partial charge in [0.1, 0.15) is 5.82 Å². The van der Waals surface area contributed by atoms with Gasteiger partial charge in [0.05, 0.1) is 18.1 Å². The smallest absolute Gasteiger partial charge is 0.235 e. The van der Waals surface area contributed by atoms with Gasteiger partial charge in [0.25, 0.3) is 0 Å². The third kappa shape index (κ3) is 2.47. The highest BCUT2D eigenvalue weighted by Gasteiger charge is 2.04. The van der Waals surface area contributed by atoms with Crippen molar-refractivity contribution in [3.05, 3.63) is 30.6 Å². The van der Waals surface area contributed by atoms with E-state index in [2.05, 4.69) is 20.3 Å². The zero-order valence-electron chi connectivity index (χ0n) is 9.71. The second kappa shape index (κ2) is 4.73. The quantitative estimate of drug-likeness (QED) is 0.864. The molecule has 1 N–H and O–H groups in total. The highest BCUT2D eigenvalue weighted by molar-refractivity contribution is 5.90. The van der Waals surface area contributed by atoms with E-state index in [0.29, 0.717) is 18.1 Å². The number of anilines is 1. The predicted molar refractivity (Wildman–Crippen MR) is 62.8 cm³/mol. The van der Waals surface area contributed by atoms with E-state index in [1.54, 1.807) is 36.3 Å². The fourth-order valence-corrected chi connectivity index (χ4v) is 1.35. The summed E-state index contributed by atoms with van der Waals surface area (Å²) in [6.45, 7) is 3.66. The first kappa shape index (κ1) is 11.3. The van der Waals surface area contributed by atoms with E-state index in [1.807, 2.05) is 6.92 Å². The average molecular weight is 231 g/mol. The van der Waals surface area contributed by atoms with Crippen LogP contribution in [0.1, 0.15) is 19.2 Å². The first-order valence-corrected chi connectivity index (χ1v) is 5.33. The lowest BCUT2D eigenvalue weighted by Gasteiger charge is -2.05. The maximum Gasteiger partial charge on any atom is 0.235 e. The SMILES string of the molecule is CCC(=O)Nc1cnc(-n2ccnc2C)nc1. The second-order valence-corrected chi connectivity index (χ2v) is 3.52. The molecule has 0 aliphatic rings. The van der Waals surface area contributed by atoms with Gasteiger partial charge < -0.3 is 5.32 Å². The van der Waals surface area contributed by atoms with Crippen molar-refractivity contribution in [2.75, 3.05) is 5.32 Å². The third-order valence-electron chi connectivity index (χ3n) is 2.28. The summed E-state index contributed by atoms with van der Waals surface area (Å²) in [5.74, 6) is 1.30. The van der Waals surface area contributed by atoms with Crippen LogP contribution >= 0.6 is 0 Å². The average Bonchev–Trinajstić information content (AvgIpc) is 2.76. The van der Waals surface area contributed by atoms with Gasteiger partial charge in [-0.15, -0.1) is 0 Å². The normalized spacial score (nSPS) is 10.2. The van der Waals surface area contributed by atoms with Crippen molar-refractivity contribution in [2.45, 2.75) is 20.3 Å². The molecule has 0 atom stereocenters. The molecule has 2 heterocycles. The van der Waals surface area contributed by atoms with Gasteiger partial charge >= 0.3 is 0 Å². The van der Waals surface area contributed by atoms with E-state index in [0.717, 1.165) is 5.82 Å². The summed E-state index contributed by atoms with van der Waals surface area (Å²) in [6.07, 6.45) is 7.06. The summed E-state index contributed by atoms with van der Waals surface area (Å²) in [7, 11) is 0. The van der Waals surface area contributed by atoms with E-state index in [9.17, 15) is 4.79 Å². The van der Waals surface area contributed by atoms with Gasteiger partial charge in [0.2, 0.25) is 11.9 Å². The Kier molecular flexibility index (Phi) is 3.13. The molecule has 0 unspecified atom stereocenters. The molecular weight excluding hydrogens is 218 g/mol. The molecule has 0 spiro atoms. The highest BCUT2D eigenvalue weighted by atomic mass is 16.1. The summed E-state index contributed by atoms with van der Waals surface area (Å²) in [6, 6.07) is 0. The van der Waals surface area contributed by atoms with Crippen LogP contribution < -0.4 is 5.32 Å². The minimum Gasteiger partial charge on any atom is -0.323 e. The Hall–Kier alpha value is -2.24. The molecule has 0 bridgehead atoms. The van der Waals surface area contributed by atoms with Crippen LogP contribution in [0.25, 0.3) is 5.95 Å². The molecule has 0 aliphatic heterocycles. The van der Waals surface area contributed by atoms with Gasteiger partial charge in [0, 0.05) is 18.8 Å². The minimum atomic E-state index is -0.0554. The zero-order chi connectivity index (χ0) is 12.3. The number of aryl methyl sites for hydroxylation is 1. The van der Waals surface area contributed by atoms with E-state index in [4.69, 9.17) is 0 Å². The molecule has 88 valence electrons. The van der Waals surface area contributed by atoms with Crippen molar-refractivity contribution in [3.8, 4) is 5.95 Å². The maximum atomic E-state index is 11.2. The molecule has 0 saturated heterocycles. The molecule has 1 amide bonds. The fraction of sp³-hybridized carbons (Fsp3) is 0.273. The lowest BCUT2D eigenvalue weighted by atomic mass is 10.4. The third-order valence-corrected chi connectivity index (χ3v) is 2.28. The summed E-state index contributed by atoms with van der Waals surface area (Å²) >= 11 is 0. The topological polar surface area (TPSA) is 72.7 Å². The van der Waals surface area contributed by atoms with E-state index < -0.39 is 0 Å². The lowest BCUT2D eigenvalue weighted by molar-refractivity contribution is -0.115. The molecule has 2 aromatic rings. The minimum absolute atomic E-state index is 0.0554. The predicted octanol–water partition coefficient (Wildman–Crippen LogP) is 1.32. The molecule has 2 aromatic heterocycles. The number of carbonyl (C=O) groups is 1. The Labute approximate surface area is 98.7 Å². The number of hydrogen-bond donors (Lipinski definition) is 1. The molecule has 0 saturated carbocycles. The Morgan fingerprint density at radius 2 is 2.06 bits per heavy atom. The first-order chi connectivity index (χ1) is 8.20. The molecule has 6 heteroatoms. The highest BCUT2D eigenvalue weighted by Crippen LogP contribution is 2.08. The van der Waals surface area contributed by atoms with Crippen LogP contribution in [0, 0.1) is 6.92 Å². The van der Waals surface area contributed by atoms with Crippen LogP contribution in [0.4, 0.5) is 5.69 Å². The largest absolute Gasteiger partial charge is 0.323 e. The van der Waals surface area contributed by atoms with Gasteiger partial charge in [-0.1, -0.05) is 6.92 Å². The summed E-state index contributed by atoms with van der Waals surface area (Å²) in [4.78, 5) is 23.6. The molecule has 0 fully saturated rings. The Morgan fingerprint density at radius 3 is 2.59 bits per heavy atom. The monoisotopic (exact) mass is 231 g/mol. The maximum absolute atomic E-state index is 11.2. The standard InChI is InChI=1S/C11H13N5O/c1-3-10(17)15-9-6-13-11(14-7-9)16-5-4-12-8(16)2/h4-7H,3H2,1-2H3,(H,15,17). The fourth-order valence-electron chi connectivity index (χ4n) is 1.35. The number of imidazole rings is 1. The van der Waals surface area contributed by atoms with Crippen molar-refractivity contribution in [1.82, 2.24) is 19.5 Å². The van der Waals surface area contributed by atoms with Gasteiger partial charge in [-0.25, -0.2) is 15.0 Å². The molecule has 6 nitrogen and oxygen atoms in total.